The zero-order valence-electron chi connectivity index (χ0n) is 18.7. The van der Waals surface area contributed by atoms with E-state index in [-0.39, 0.29) is 18.1 Å². The van der Waals surface area contributed by atoms with Crippen molar-refractivity contribution in [3.8, 4) is 17.2 Å². The zero-order chi connectivity index (χ0) is 22.0. The Kier molecular flexibility index (Phi) is 8.99. The molecule has 0 bridgehead atoms. The quantitative estimate of drug-likeness (QED) is 0.549. The highest BCUT2D eigenvalue weighted by molar-refractivity contribution is 5.78. The van der Waals surface area contributed by atoms with Crippen LogP contribution in [0.1, 0.15) is 38.8 Å². The Balaban J connectivity index is 1.86. The summed E-state index contributed by atoms with van der Waals surface area (Å²) < 4.78 is 16.6. The van der Waals surface area contributed by atoms with Gasteiger partial charge in [-0.1, -0.05) is 18.2 Å². The lowest BCUT2D eigenvalue weighted by atomic mass is 10.1. The largest absolute Gasteiger partial charge is 0.497 e. The first-order valence-corrected chi connectivity index (χ1v) is 10.3. The van der Waals surface area contributed by atoms with E-state index in [4.69, 9.17) is 14.2 Å². The number of hydrogen-bond acceptors (Lipinski definition) is 5. The Labute approximate surface area is 179 Å². The van der Waals surface area contributed by atoms with Crippen LogP contribution in [-0.4, -0.2) is 38.3 Å². The van der Waals surface area contributed by atoms with E-state index in [1.54, 1.807) is 7.11 Å². The molecule has 0 aliphatic heterocycles. The standard InChI is InChI=1S/C24H34N2O4/c1-6-29-22-15-19(9-12-21(22)30-17-23(27)26-24(2,3)4)16-25-14-13-18-7-10-20(28-5)11-8-18/h7-12,15,25H,6,13-14,16-17H2,1-5H3,(H,26,27). The summed E-state index contributed by atoms with van der Waals surface area (Å²) >= 11 is 0. The normalized spacial score (nSPS) is 11.1. The van der Waals surface area contributed by atoms with Crippen molar-refractivity contribution >= 4 is 5.91 Å². The Morgan fingerprint density at radius 2 is 1.67 bits per heavy atom. The van der Waals surface area contributed by atoms with E-state index in [1.807, 2.05) is 58.0 Å². The van der Waals surface area contributed by atoms with Gasteiger partial charge in [0.15, 0.2) is 18.1 Å². The second-order valence-electron chi connectivity index (χ2n) is 8.08. The molecule has 2 aromatic carbocycles. The number of benzene rings is 2. The van der Waals surface area contributed by atoms with Crippen LogP contribution in [0.25, 0.3) is 0 Å². The number of methoxy groups -OCH3 is 1. The number of carbonyl (C=O) groups excluding carboxylic acids is 1. The summed E-state index contributed by atoms with van der Waals surface area (Å²) in [7, 11) is 1.67. The summed E-state index contributed by atoms with van der Waals surface area (Å²) in [6.07, 6.45) is 0.937. The van der Waals surface area contributed by atoms with Crippen molar-refractivity contribution in [1.29, 1.82) is 0 Å². The Hall–Kier alpha value is -2.73. The van der Waals surface area contributed by atoms with Gasteiger partial charge in [0.05, 0.1) is 13.7 Å². The first-order chi connectivity index (χ1) is 14.3. The maximum atomic E-state index is 12.0. The summed E-state index contributed by atoms with van der Waals surface area (Å²) in [4.78, 5) is 12.0. The molecule has 0 saturated carbocycles. The molecule has 6 heteroatoms. The third kappa shape index (κ3) is 8.33. The summed E-state index contributed by atoms with van der Waals surface area (Å²) in [5.41, 5.74) is 2.07. The van der Waals surface area contributed by atoms with Gasteiger partial charge in [-0.15, -0.1) is 0 Å². The molecule has 0 unspecified atom stereocenters. The first kappa shape index (κ1) is 23.5. The highest BCUT2D eigenvalue weighted by Gasteiger charge is 2.15. The SMILES string of the molecule is CCOc1cc(CNCCc2ccc(OC)cc2)ccc1OCC(=O)NC(C)(C)C. The van der Waals surface area contributed by atoms with E-state index in [9.17, 15) is 4.79 Å². The first-order valence-electron chi connectivity index (χ1n) is 10.3. The van der Waals surface area contributed by atoms with Crippen LogP contribution in [0.15, 0.2) is 42.5 Å². The van der Waals surface area contributed by atoms with Gasteiger partial charge in [-0.25, -0.2) is 0 Å². The van der Waals surface area contributed by atoms with Crippen LogP contribution >= 0.6 is 0 Å². The molecule has 2 aromatic rings. The van der Waals surface area contributed by atoms with Crippen molar-refractivity contribution < 1.29 is 19.0 Å². The van der Waals surface area contributed by atoms with Crippen LogP contribution in [0, 0.1) is 0 Å². The van der Waals surface area contributed by atoms with Crippen LogP contribution in [0.3, 0.4) is 0 Å². The Bertz CT molecular complexity index is 798. The summed E-state index contributed by atoms with van der Waals surface area (Å²) in [6.45, 7) is 9.81. The average Bonchev–Trinajstić information content (AvgIpc) is 2.70. The summed E-state index contributed by atoms with van der Waals surface area (Å²) in [5, 5.41) is 6.34. The highest BCUT2D eigenvalue weighted by atomic mass is 16.5. The molecule has 1 amide bonds. The topological polar surface area (TPSA) is 68.8 Å². The van der Waals surface area contributed by atoms with E-state index in [2.05, 4.69) is 22.8 Å². The number of ether oxygens (including phenoxy) is 3. The van der Waals surface area contributed by atoms with Crippen LogP contribution in [0.4, 0.5) is 0 Å². The van der Waals surface area contributed by atoms with Crippen LogP contribution in [0.5, 0.6) is 17.2 Å². The molecule has 0 atom stereocenters. The second-order valence-corrected chi connectivity index (χ2v) is 8.08. The molecule has 2 N–H and O–H groups in total. The number of rotatable bonds is 11. The number of amides is 1. The average molecular weight is 415 g/mol. The van der Waals surface area contributed by atoms with Crippen molar-refractivity contribution in [1.82, 2.24) is 10.6 Å². The molecule has 0 fully saturated rings. The molecule has 0 aromatic heterocycles. The van der Waals surface area contributed by atoms with Crippen molar-refractivity contribution in [2.75, 3.05) is 26.9 Å². The maximum absolute atomic E-state index is 12.0. The lowest BCUT2D eigenvalue weighted by Gasteiger charge is -2.21. The van der Waals surface area contributed by atoms with Crippen LogP contribution in [0.2, 0.25) is 0 Å². The van der Waals surface area contributed by atoms with Gasteiger partial charge < -0.3 is 24.8 Å². The van der Waals surface area contributed by atoms with Crippen molar-refractivity contribution in [3.63, 3.8) is 0 Å². The fourth-order valence-electron chi connectivity index (χ4n) is 2.91. The Morgan fingerprint density at radius 3 is 2.30 bits per heavy atom. The maximum Gasteiger partial charge on any atom is 0.258 e. The molecule has 6 nitrogen and oxygen atoms in total. The van der Waals surface area contributed by atoms with Gasteiger partial charge in [0, 0.05) is 12.1 Å². The van der Waals surface area contributed by atoms with Crippen molar-refractivity contribution in [2.24, 2.45) is 0 Å². The molecule has 0 spiro atoms. The Morgan fingerprint density at radius 1 is 0.967 bits per heavy atom. The van der Waals surface area contributed by atoms with Crippen LogP contribution < -0.4 is 24.8 Å². The van der Waals surface area contributed by atoms with E-state index in [1.165, 1.54) is 5.56 Å². The number of hydrogen-bond donors (Lipinski definition) is 2. The smallest absolute Gasteiger partial charge is 0.258 e. The predicted octanol–water partition coefficient (Wildman–Crippen LogP) is 3.72. The molecule has 2 rings (SSSR count). The molecule has 0 aliphatic rings. The fraction of sp³-hybridized carbons (Fsp3) is 0.458. The molecule has 0 heterocycles. The molecule has 30 heavy (non-hydrogen) atoms. The van der Waals surface area contributed by atoms with Gasteiger partial charge >= 0.3 is 0 Å². The van der Waals surface area contributed by atoms with Gasteiger partial charge in [0.1, 0.15) is 5.75 Å². The van der Waals surface area contributed by atoms with Crippen molar-refractivity contribution in [3.05, 3.63) is 53.6 Å². The molecule has 0 aliphatic carbocycles. The van der Waals surface area contributed by atoms with Gasteiger partial charge in [-0.3, -0.25) is 4.79 Å². The zero-order valence-corrected chi connectivity index (χ0v) is 18.7. The van der Waals surface area contributed by atoms with Gasteiger partial charge in [0.25, 0.3) is 5.91 Å². The molecular formula is C24H34N2O4. The minimum atomic E-state index is -0.287. The minimum absolute atomic E-state index is 0.0448. The second kappa shape index (κ2) is 11.5. The summed E-state index contributed by atoms with van der Waals surface area (Å²) in [5.74, 6) is 1.93. The van der Waals surface area contributed by atoms with Gasteiger partial charge in [0.2, 0.25) is 0 Å². The third-order valence-corrected chi connectivity index (χ3v) is 4.26. The van der Waals surface area contributed by atoms with Crippen LogP contribution in [-0.2, 0) is 17.8 Å². The molecule has 0 radical (unpaired) electrons. The van der Waals surface area contributed by atoms with Gasteiger partial charge in [-0.2, -0.15) is 0 Å². The van der Waals surface area contributed by atoms with E-state index in [0.717, 1.165) is 30.8 Å². The van der Waals surface area contributed by atoms with E-state index < -0.39 is 0 Å². The monoisotopic (exact) mass is 414 g/mol. The van der Waals surface area contributed by atoms with Crippen molar-refractivity contribution in [2.45, 2.75) is 46.2 Å². The predicted molar refractivity (Wildman–Crippen MR) is 119 cm³/mol. The lowest BCUT2D eigenvalue weighted by Crippen LogP contribution is -2.43. The summed E-state index contributed by atoms with van der Waals surface area (Å²) in [6, 6.07) is 13.9. The molecule has 0 saturated heterocycles. The van der Waals surface area contributed by atoms with E-state index in [0.29, 0.717) is 18.1 Å². The number of nitrogens with one attached hydrogen (secondary N) is 2. The molecule has 164 valence electrons. The molecular weight excluding hydrogens is 380 g/mol. The minimum Gasteiger partial charge on any atom is -0.497 e. The lowest BCUT2D eigenvalue weighted by molar-refractivity contribution is -0.124. The third-order valence-electron chi connectivity index (χ3n) is 4.26. The van der Waals surface area contributed by atoms with E-state index >= 15 is 0 Å². The van der Waals surface area contributed by atoms with Gasteiger partial charge in [-0.05, 0) is 76.1 Å². The fourth-order valence-corrected chi connectivity index (χ4v) is 2.91. The highest BCUT2D eigenvalue weighted by Crippen LogP contribution is 2.28. The number of carbonyl (C=O) groups is 1.